The van der Waals surface area contributed by atoms with Gasteiger partial charge in [-0.1, -0.05) is 41.3 Å². The molecule has 4 N–H and O–H groups in total. The smallest absolute Gasteiger partial charge is 0.343 e. The molecule has 1 fully saturated rings. The Morgan fingerprint density at radius 3 is 2.86 bits per heavy atom. The molecule has 8 nitrogen and oxygen atoms in total. The summed E-state index contributed by atoms with van der Waals surface area (Å²) in [7, 11) is 1.41. The number of carbonyl (C=O) groups excluding carboxylic acids is 1. The van der Waals surface area contributed by atoms with Crippen LogP contribution in [-0.4, -0.2) is 64.0 Å². The SMILES string of the molecule is COc1cc2c(C(=O)O[C@@H]3C=C4C#C[C@@]5([C@H](O)CO)O[C@@H]5C#C/C=C\4C3)c(O)ccc2c(CO)c1Cl. The molecule has 0 amide bonds. The van der Waals surface area contributed by atoms with Gasteiger partial charge in [-0.05, 0) is 35.2 Å². The highest BCUT2D eigenvalue weighted by Gasteiger charge is 2.60. The number of halogens is 1. The number of hydrogen-bond donors (Lipinski definition) is 4. The zero-order valence-electron chi connectivity index (χ0n) is 19.0. The quantitative estimate of drug-likeness (QED) is 0.265. The normalized spacial score (nSPS) is 25.7. The Morgan fingerprint density at radius 2 is 2.14 bits per heavy atom. The summed E-state index contributed by atoms with van der Waals surface area (Å²) in [5.41, 5.74) is 0.342. The molecule has 2 aromatic rings. The number of methoxy groups -OCH3 is 1. The molecule has 184 valence electrons. The zero-order chi connectivity index (χ0) is 25.6. The molecule has 4 atom stereocenters. The molecular formula is C27H21ClO8. The van der Waals surface area contributed by atoms with Crippen molar-refractivity contribution < 1.29 is 39.4 Å². The van der Waals surface area contributed by atoms with Gasteiger partial charge >= 0.3 is 5.97 Å². The van der Waals surface area contributed by atoms with Crippen molar-refractivity contribution in [1.82, 2.24) is 0 Å². The number of ether oxygens (including phenoxy) is 3. The lowest BCUT2D eigenvalue weighted by Gasteiger charge is -2.16. The molecule has 9 heteroatoms. The molecule has 2 aliphatic carbocycles. The van der Waals surface area contributed by atoms with E-state index in [4.69, 9.17) is 25.8 Å². The minimum Gasteiger partial charge on any atom is -0.507 e. The highest BCUT2D eigenvalue weighted by molar-refractivity contribution is 6.34. The number of aliphatic hydroxyl groups is 3. The summed E-state index contributed by atoms with van der Waals surface area (Å²) in [6, 6.07) is 4.41. The van der Waals surface area contributed by atoms with Crippen molar-refractivity contribution in [1.29, 1.82) is 0 Å². The van der Waals surface area contributed by atoms with Crippen molar-refractivity contribution >= 4 is 28.3 Å². The van der Waals surface area contributed by atoms with Crippen LogP contribution in [0.15, 0.2) is 41.5 Å². The van der Waals surface area contributed by atoms with Crippen molar-refractivity contribution in [3.8, 4) is 35.2 Å². The van der Waals surface area contributed by atoms with Gasteiger partial charge in [-0.15, -0.1) is 0 Å². The van der Waals surface area contributed by atoms with Gasteiger partial charge in [0.2, 0.25) is 0 Å². The fraction of sp³-hybridized carbons (Fsp3) is 0.296. The maximum absolute atomic E-state index is 13.2. The van der Waals surface area contributed by atoms with Crippen molar-refractivity contribution in [2.75, 3.05) is 13.7 Å². The maximum atomic E-state index is 13.2. The third-order valence-electron chi connectivity index (χ3n) is 6.43. The van der Waals surface area contributed by atoms with Gasteiger partial charge in [0.15, 0.2) is 11.7 Å². The molecule has 0 unspecified atom stereocenters. The Balaban J connectivity index is 1.48. The minimum atomic E-state index is -1.25. The summed E-state index contributed by atoms with van der Waals surface area (Å²) < 4.78 is 16.5. The number of benzene rings is 2. The van der Waals surface area contributed by atoms with E-state index in [9.17, 15) is 25.2 Å². The maximum Gasteiger partial charge on any atom is 0.343 e. The summed E-state index contributed by atoms with van der Waals surface area (Å²) in [5, 5.41) is 40.9. The first-order valence-corrected chi connectivity index (χ1v) is 11.5. The number of phenolic OH excluding ortho intramolecular Hbond substituents is 1. The summed E-state index contributed by atoms with van der Waals surface area (Å²) >= 11 is 6.32. The van der Waals surface area contributed by atoms with Gasteiger partial charge < -0.3 is 34.6 Å². The molecule has 3 aliphatic rings. The highest BCUT2D eigenvalue weighted by Crippen LogP contribution is 2.41. The van der Waals surface area contributed by atoms with Crippen molar-refractivity contribution in [3.05, 3.63) is 57.6 Å². The summed E-state index contributed by atoms with van der Waals surface area (Å²) in [4.78, 5) is 13.2. The van der Waals surface area contributed by atoms with Crippen molar-refractivity contribution in [3.63, 3.8) is 0 Å². The number of aliphatic hydroxyl groups excluding tert-OH is 3. The molecule has 1 aliphatic heterocycles. The van der Waals surface area contributed by atoms with E-state index >= 15 is 0 Å². The number of fused-ring (bicyclic) bond motifs is 3. The lowest BCUT2D eigenvalue weighted by atomic mass is 9.98. The topological polar surface area (TPSA) is 129 Å². The Morgan fingerprint density at radius 1 is 1.33 bits per heavy atom. The molecule has 1 heterocycles. The van der Waals surface area contributed by atoms with E-state index in [1.165, 1.54) is 19.2 Å². The number of phenols is 1. The average Bonchev–Trinajstić information content (AvgIpc) is 3.43. The van der Waals surface area contributed by atoms with Crippen LogP contribution in [-0.2, 0) is 16.1 Å². The number of aromatic hydroxyl groups is 1. The van der Waals surface area contributed by atoms with Crippen molar-refractivity contribution in [2.24, 2.45) is 0 Å². The number of rotatable bonds is 6. The van der Waals surface area contributed by atoms with Crippen LogP contribution in [0.25, 0.3) is 10.8 Å². The van der Waals surface area contributed by atoms with E-state index < -0.39 is 43.1 Å². The van der Waals surface area contributed by atoms with Gasteiger partial charge in [-0.25, -0.2) is 4.79 Å². The second-order valence-electron chi connectivity index (χ2n) is 8.51. The monoisotopic (exact) mass is 508 g/mol. The van der Waals surface area contributed by atoms with E-state index in [2.05, 4.69) is 23.7 Å². The fourth-order valence-electron chi connectivity index (χ4n) is 4.44. The highest BCUT2D eigenvalue weighted by atomic mass is 35.5. The Bertz CT molecular complexity index is 1470. The van der Waals surface area contributed by atoms with Crippen LogP contribution in [0.4, 0.5) is 0 Å². The standard InChI is InChI=1S/C27H21ClO8/c1-34-21-11-18-17(19(12-29)25(21)28)5-6-20(31)24(18)26(33)35-16-9-14-3-2-4-23-27(36-23,22(32)13-30)8-7-15(14)10-16/h3,5-6,10-11,16,22-23,29-32H,9,12-13H2,1H3/b14-3-/t16-,22+,23+,27-/m0/s1. The van der Waals surface area contributed by atoms with Crippen LogP contribution in [0.2, 0.25) is 5.02 Å². The van der Waals surface area contributed by atoms with Gasteiger partial charge in [-0.3, -0.25) is 0 Å². The molecule has 0 spiro atoms. The average molecular weight is 509 g/mol. The summed E-state index contributed by atoms with van der Waals surface area (Å²) in [6.07, 6.45) is 1.15. The third-order valence-corrected chi connectivity index (χ3v) is 6.85. The molecule has 0 aromatic heterocycles. The van der Waals surface area contributed by atoms with Crippen LogP contribution >= 0.6 is 11.6 Å². The first-order valence-electron chi connectivity index (χ1n) is 11.1. The third kappa shape index (κ3) is 3.90. The van der Waals surface area contributed by atoms with E-state index in [-0.39, 0.29) is 22.1 Å². The van der Waals surface area contributed by atoms with Crippen LogP contribution < -0.4 is 4.74 Å². The minimum absolute atomic E-state index is 0.0872. The second kappa shape index (κ2) is 9.18. The van der Waals surface area contributed by atoms with Gasteiger partial charge in [0.25, 0.3) is 0 Å². The number of allylic oxidation sites excluding steroid dienone is 2. The van der Waals surface area contributed by atoms with Gasteiger partial charge in [-0.2, -0.15) is 0 Å². The molecule has 0 saturated carbocycles. The molecule has 2 aromatic carbocycles. The first kappa shape index (κ1) is 24.2. The van der Waals surface area contributed by atoms with E-state index in [0.29, 0.717) is 28.3 Å². The Labute approximate surface area is 211 Å². The first-order chi connectivity index (χ1) is 17.3. The van der Waals surface area contributed by atoms with Crippen LogP contribution in [0.5, 0.6) is 11.5 Å². The lowest BCUT2D eigenvalue weighted by Crippen LogP contribution is -2.33. The zero-order valence-corrected chi connectivity index (χ0v) is 19.8. The molecule has 1 saturated heterocycles. The Kier molecular flexibility index (Phi) is 6.17. The van der Waals surface area contributed by atoms with Gasteiger partial charge in [0.05, 0.1) is 25.3 Å². The molecule has 5 rings (SSSR count). The summed E-state index contributed by atoms with van der Waals surface area (Å²) in [6.45, 7) is -0.916. The van der Waals surface area contributed by atoms with Gasteiger partial charge in [0, 0.05) is 22.9 Å². The number of carbonyl (C=O) groups is 1. The summed E-state index contributed by atoms with van der Waals surface area (Å²) in [5.74, 6) is 10.8. The van der Waals surface area contributed by atoms with E-state index in [1.807, 2.05) is 0 Å². The number of hydrogen-bond acceptors (Lipinski definition) is 8. The predicted octanol–water partition coefficient (Wildman–Crippen LogP) is 1.99. The number of epoxide rings is 1. The molecular weight excluding hydrogens is 488 g/mol. The van der Waals surface area contributed by atoms with Crippen LogP contribution in [0.3, 0.4) is 0 Å². The lowest BCUT2D eigenvalue weighted by molar-refractivity contribution is 0.0404. The Hall–Kier alpha value is -3.50. The largest absolute Gasteiger partial charge is 0.507 e. The molecule has 0 bridgehead atoms. The number of esters is 1. The predicted molar refractivity (Wildman–Crippen MR) is 129 cm³/mol. The second-order valence-corrected chi connectivity index (χ2v) is 8.89. The van der Waals surface area contributed by atoms with Crippen molar-refractivity contribution in [2.45, 2.75) is 36.9 Å². The van der Waals surface area contributed by atoms with Crippen LogP contribution in [0, 0.1) is 23.7 Å². The van der Waals surface area contributed by atoms with Gasteiger partial charge in [0.1, 0.15) is 29.3 Å². The van der Waals surface area contributed by atoms with E-state index in [0.717, 1.165) is 5.57 Å². The molecule has 36 heavy (non-hydrogen) atoms. The van der Waals surface area contributed by atoms with Crippen LogP contribution in [0.1, 0.15) is 22.3 Å². The molecule has 0 radical (unpaired) electrons. The fourth-order valence-corrected chi connectivity index (χ4v) is 4.74. The van der Waals surface area contributed by atoms with E-state index in [1.54, 1.807) is 18.2 Å².